The lowest BCUT2D eigenvalue weighted by atomic mass is 10.1. The van der Waals surface area contributed by atoms with E-state index in [1.807, 2.05) is 0 Å². The monoisotopic (exact) mass is 333 g/mol. The lowest BCUT2D eigenvalue weighted by molar-refractivity contribution is 0.0236. The molecule has 0 aromatic rings. The Morgan fingerprint density at radius 2 is 1.70 bits per heavy atom. The lowest BCUT2D eigenvalue weighted by Crippen LogP contribution is -2.36. The van der Waals surface area contributed by atoms with E-state index in [9.17, 15) is 19.9 Å². The fourth-order valence-electron chi connectivity index (χ4n) is 2.20. The maximum Gasteiger partial charge on any atom is 0.358 e. The molecule has 7 nitrogen and oxygen atoms in total. The molecule has 122 valence electrons. The minimum absolute atomic E-state index is 0. The van der Waals surface area contributed by atoms with Gasteiger partial charge in [0.05, 0.1) is 25.4 Å². The molecule has 0 amide bonds. The highest BCUT2D eigenvalue weighted by atomic mass is 35.5. The van der Waals surface area contributed by atoms with Crippen LogP contribution in [0, 0.1) is 0 Å². The molecule has 20 heavy (non-hydrogen) atoms. The van der Waals surface area contributed by atoms with Crippen molar-refractivity contribution < 1.29 is 28.9 Å². The van der Waals surface area contributed by atoms with Crippen molar-refractivity contribution in [3.63, 3.8) is 0 Å². The zero-order chi connectivity index (χ0) is 14.6. The number of nitrogens with one attached hydrogen (secondary N) is 1. The summed E-state index contributed by atoms with van der Waals surface area (Å²) < 4.78 is 22.4. The van der Waals surface area contributed by atoms with Crippen LogP contribution in [0.4, 0.5) is 0 Å². The molecule has 0 aromatic carbocycles. The molecule has 0 aliphatic carbocycles. The number of hydrogen-bond donors (Lipinski definition) is 4. The summed E-state index contributed by atoms with van der Waals surface area (Å²) in [6.07, 6.45) is -1.93. The molecule has 0 bridgehead atoms. The van der Waals surface area contributed by atoms with Crippen molar-refractivity contribution in [2.24, 2.45) is 0 Å². The molecule has 0 saturated carbocycles. The highest BCUT2D eigenvalue weighted by Crippen LogP contribution is 2.53. The van der Waals surface area contributed by atoms with Crippen molar-refractivity contribution in [2.45, 2.75) is 57.3 Å². The summed E-state index contributed by atoms with van der Waals surface area (Å²) in [5.41, 5.74) is 0. The normalized spacial score (nSPS) is 31.9. The molecule has 1 saturated heterocycles. The SMILES string of the molecule is CCOP(=O)(OCC)[C@@H](O)C[C@@H]1N[C@@H](C)[C@@H](O)[C@H]1O.Cl. The van der Waals surface area contributed by atoms with Crippen molar-refractivity contribution in [2.75, 3.05) is 13.2 Å². The standard InChI is InChI=1S/C11H24NO6P.ClH/c1-4-17-19(16,18-5-2)9(13)6-8-11(15)10(14)7(3)12-8;/h7-15H,4-6H2,1-3H3;1H/t7-,8-,9+,10+,11-;/m0./s1. The summed E-state index contributed by atoms with van der Waals surface area (Å²) >= 11 is 0. The lowest BCUT2D eigenvalue weighted by Gasteiger charge is -2.25. The van der Waals surface area contributed by atoms with E-state index in [4.69, 9.17) is 9.05 Å². The second-order valence-electron chi connectivity index (χ2n) is 4.63. The average Bonchev–Trinajstić information content (AvgIpc) is 2.57. The quantitative estimate of drug-likeness (QED) is 0.501. The van der Waals surface area contributed by atoms with Crippen LogP contribution in [0.2, 0.25) is 0 Å². The first kappa shape index (κ1) is 20.3. The molecule has 0 spiro atoms. The minimum atomic E-state index is -3.61. The van der Waals surface area contributed by atoms with Crippen LogP contribution in [-0.4, -0.2) is 58.7 Å². The maximum absolute atomic E-state index is 12.3. The summed E-state index contributed by atoms with van der Waals surface area (Å²) in [6.45, 7) is 5.37. The van der Waals surface area contributed by atoms with E-state index in [2.05, 4.69) is 5.32 Å². The molecule has 1 rings (SSSR count). The number of hydrogen-bond acceptors (Lipinski definition) is 7. The van der Waals surface area contributed by atoms with Crippen LogP contribution in [0.15, 0.2) is 0 Å². The fraction of sp³-hybridized carbons (Fsp3) is 1.00. The number of aliphatic hydroxyl groups excluding tert-OH is 3. The van der Waals surface area contributed by atoms with E-state index >= 15 is 0 Å². The molecule has 9 heteroatoms. The topological polar surface area (TPSA) is 108 Å². The van der Waals surface area contributed by atoms with Crippen LogP contribution in [0.3, 0.4) is 0 Å². The van der Waals surface area contributed by atoms with Gasteiger partial charge in [0, 0.05) is 18.5 Å². The van der Waals surface area contributed by atoms with Gasteiger partial charge in [0.1, 0.15) is 0 Å². The zero-order valence-electron chi connectivity index (χ0n) is 11.9. The second-order valence-corrected chi connectivity index (χ2v) is 6.83. The van der Waals surface area contributed by atoms with E-state index in [-0.39, 0.29) is 38.1 Å². The number of aliphatic hydroxyl groups is 3. The third kappa shape index (κ3) is 4.64. The van der Waals surface area contributed by atoms with Crippen molar-refractivity contribution in [1.29, 1.82) is 0 Å². The van der Waals surface area contributed by atoms with E-state index in [0.29, 0.717) is 0 Å². The van der Waals surface area contributed by atoms with Gasteiger partial charge in [-0.3, -0.25) is 4.57 Å². The Bertz CT molecular complexity index is 324. The van der Waals surface area contributed by atoms with Crippen molar-refractivity contribution in [3.05, 3.63) is 0 Å². The van der Waals surface area contributed by atoms with Crippen LogP contribution in [0.25, 0.3) is 0 Å². The zero-order valence-corrected chi connectivity index (χ0v) is 13.6. The first-order valence-corrected chi connectivity index (χ1v) is 8.16. The van der Waals surface area contributed by atoms with Crippen molar-refractivity contribution >= 4 is 20.0 Å². The fourth-order valence-corrected chi connectivity index (χ4v) is 3.83. The first-order valence-electron chi connectivity index (χ1n) is 6.54. The summed E-state index contributed by atoms with van der Waals surface area (Å²) in [7, 11) is -3.61. The Balaban J connectivity index is 0.00000361. The smallest absolute Gasteiger partial charge is 0.358 e. The average molecular weight is 334 g/mol. The molecule has 1 aliphatic rings. The molecule has 0 aromatic heterocycles. The van der Waals surface area contributed by atoms with E-state index in [1.165, 1.54) is 0 Å². The van der Waals surface area contributed by atoms with Gasteiger partial charge in [0.25, 0.3) is 0 Å². The molecule has 5 atom stereocenters. The Hall–Kier alpha value is 0.280. The molecule has 1 fully saturated rings. The van der Waals surface area contributed by atoms with Crippen LogP contribution >= 0.6 is 20.0 Å². The predicted molar refractivity (Wildman–Crippen MR) is 77.1 cm³/mol. The van der Waals surface area contributed by atoms with Gasteiger partial charge in [-0.05, 0) is 20.8 Å². The summed E-state index contributed by atoms with van der Waals surface area (Å²) in [5.74, 6) is -1.34. The van der Waals surface area contributed by atoms with E-state index < -0.39 is 31.7 Å². The highest BCUT2D eigenvalue weighted by Gasteiger charge is 2.43. The van der Waals surface area contributed by atoms with Gasteiger partial charge in [0.15, 0.2) is 5.85 Å². The van der Waals surface area contributed by atoms with Crippen LogP contribution in [0.1, 0.15) is 27.2 Å². The van der Waals surface area contributed by atoms with Gasteiger partial charge in [-0.1, -0.05) is 0 Å². The van der Waals surface area contributed by atoms with Gasteiger partial charge in [-0.15, -0.1) is 12.4 Å². The molecule has 1 aliphatic heterocycles. The molecule has 0 unspecified atom stereocenters. The van der Waals surface area contributed by atoms with Crippen molar-refractivity contribution in [3.8, 4) is 0 Å². The van der Waals surface area contributed by atoms with Crippen LogP contribution in [0.5, 0.6) is 0 Å². The van der Waals surface area contributed by atoms with Gasteiger partial charge in [0.2, 0.25) is 0 Å². The summed E-state index contributed by atoms with van der Waals surface area (Å²) in [4.78, 5) is 0. The molecule has 1 heterocycles. The van der Waals surface area contributed by atoms with Gasteiger partial charge >= 0.3 is 7.60 Å². The minimum Gasteiger partial charge on any atom is -0.389 e. The number of rotatable bonds is 7. The maximum atomic E-state index is 12.3. The predicted octanol–water partition coefficient (Wildman–Crippen LogP) is 0.465. The number of halogens is 1. The molecular formula is C11H25ClNO6P. The van der Waals surface area contributed by atoms with Gasteiger partial charge in [-0.25, -0.2) is 0 Å². The van der Waals surface area contributed by atoms with Crippen LogP contribution in [-0.2, 0) is 13.6 Å². The van der Waals surface area contributed by atoms with E-state index in [0.717, 1.165) is 0 Å². The molecule has 0 radical (unpaired) electrons. The molecular weight excluding hydrogens is 309 g/mol. The second kappa shape index (κ2) is 8.66. The first-order chi connectivity index (χ1) is 8.85. The third-order valence-electron chi connectivity index (χ3n) is 3.20. The Kier molecular flexibility index (Phi) is 8.78. The van der Waals surface area contributed by atoms with Gasteiger partial charge < -0.3 is 29.7 Å². The highest BCUT2D eigenvalue weighted by molar-refractivity contribution is 7.54. The third-order valence-corrected chi connectivity index (χ3v) is 5.38. The van der Waals surface area contributed by atoms with E-state index in [1.54, 1.807) is 20.8 Å². The summed E-state index contributed by atoms with van der Waals surface area (Å²) in [5, 5.41) is 32.4. The molecule has 4 N–H and O–H groups in total. The van der Waals surface area contributed by atoms with Crippen LogP contribution < -0.4 is 5.32 Å². The Morgan fingerprint density at radius 1 is 1.20 bits per heavy atom. The Morgan fingerprint density at radius 3 is 2.05 bits per heavy atom. The summed E-state index contributed by atoms with van der Waals surface area (Å²) in [6, 6.07) is -0.833. The Labute approximate surface area is 125 Å². The van der Waals surface area contributed by atoms with Crippen molar-refractivity contribution in [1.82, 2.24) is 5.32 Å². The van der Waals surface area contributed by atoms with Gasteiger partial charge in [-0.2, -0.15) is 0 Å². The largest absolute Gasteiger partial charge is 0.389 e.